The van der Waals surface area contributed by atoms with E-state index in [1.165, 1.54) is 0 Å². The molecule has 35 heavy (non-hydrogen) atoms. The molecule has 0 fully saturated rings. The van der Waals surface area contributed by atoms with E-state index in [-0.39, 0.29) is 24.9 Å². The summed E-state index contributed by atoms with van der Waals surface area (Å²) in [6.07, 6.45) is -0.319. The molecule has 0 unspecified atom stereocenters. The Morgan fingerprint density at radius 2 is 1.43 bits per heavy atom. The Morgan fingerprint density at radius 3 is 2.03 bits per heavy atom. The normalized spacial score (nSPS) is 19.9. The molecule has 0 radical (unpaired) electrons. The lowest BCUT2D eigenvalue weighted by Crippen LogP contribution is -2.40. The zero-order valence-electron chi connectivity index (χ0n) is 20.4. The van der Waals surface area contributed by atoms with E-state index in [0.29, 0.717) is 28.7 Å². The van der Waals surface area contributed by atoms with Crippen LogP contribution in [0.5, 0.6) is 40.2 Å². The molecule has 3 aromatic rings. The van der Waals surface area contributed by atoms with Gasteiger partial charge in [-0.25, -0.2) is 0 Å². The van der Waals surface area contributed by atoms with Gasteiger partial charge in [-0.15, -0.1) is 0 Å². The number of rotatable bonds is 7. The molecule has 8 heteroatoms. The summed E-state index contributed by atoms with van der Waals surface area (Å²) in [5, 5.41) is 3.53. The summed E-state index contributed by atoms with van der Waals surface area (Å²) in [6, 6.07) is 15.7. The Bertz CT molecular complexity index is 1190. The summed E-state index contributed by atoms with van der Waals surface area (Å²) in [6.45, 7) is 2.35. The van der Waals surface area contributed by atoms with Crippen molar-refractivity contribution in [3.63, 3.8) is 0 Å². The Morgan fingerprint density at radius 1 is 0.771 bits per heavy atom. The molecule has 3 atom stereocenters. The van der Waals surface area contributed by atoms with Gasteiger partial charge in [-0.1, -0.05) is 6.92 Å². The first kappa shape index (κ1) is 22.8. The zero-order valence-corrected chi connectivity index (χ0v) is 20.4. The fourth-order valence-corrected chi connectivity index (χ4v) is 4.76. The number of benzene rings is 3. The Kier molecular flexibility index (Phi) is 6.11. The van der Waals surface area contributed by atoms with E-state index >= 15 is 0 Å². The van der Waals surface area contributed by atoms with Crippen LogP contribution in [0.15, 0.2) is 48.5 Å². The molecule has 0 aliphatic carbocycles. The summed E-state index contributed by atoms with van der Waals surface area (Å²) in [5.41, 5.74) is 2.94. The largest absolute Gasteiger partial charge is 0.497 e. The fraction of sp³-hybridized carbons (Fsp3) is 0.333. The molecule has 2 aliphatic rings. The van der Waals surface area contributed by atoms with Gasteiger partial charge in [-0.3, -0.25) is 0 Å². The van der Waals surface area contributed by atoms with Gasteiger partial charge >= 0.3 is 0 Å². The van der Waals surface area contributed by atoms with Crippen molar-refractivity contribution in [3.8, 4) is 40.2 Å². The quantitative estimate of drug-likeness (QED) is 0.505. The first-order valence-electron chi connectivity index (χ1n) is 11.4. The van der Waals surface area contributed by atoms with Crippen molar-refractivity contribution in [1.82, 2.24) is 0 Å². The minimum atomic E-state index is -0.319. The van der Waals surface area contributed by atoms with Crippen molar-refractivity contribution in [2.24, 2.45) is 5.92 Å². The third-order valence-corrected chi connectivity index (χ3v) is 6.54. The van der Waals surface area contributed by atoms with Crippen LogP contribution in [0.1, 0.15) is 24.0 Å². The van der Waals surface area contributed by atoms with Crippen molar-refractivity contribution < 1.29 is 33.2 Å². The molecule has 0 saturated heterocycles. The van der Waals surface area contributed by atoms with Gasteiger partial charge in [0.2, 0.25) is 12.5 Å². The van der Waals surface area contributed by atoms with Crippen LogP contribution in [0.3, 0.4) is 0 Å². The first-order valence-corrected chi connectivity index (χ1v) is 11.4. The van der Waals surface area contributed by atoms with E-state index in [9.17, 15) is 0 Å². The number of hydrogen-bond donors (Lipinski definition) is 1. The smallest absolute Gasteiger partial charge is 0.231 e. The Hall–Kier alpha value is -3.94. The molecule has 0 amide bonds. The minimum absolute atomic E-state index is 0.0211. The van der Waals surface area contributed by atoms with E-state index in [2.05, 4.69) is 12.2 Å². The lowest BCUT2D eigenvalue weighted by atomic mass is 9.78. The van der Waals surface area contributed by atoms with Crippen LogP contribution < -0.4 is 38.5 Å². The lowest BCUT2D eigenvalue weighted by molar-refractivity contribution is 0.134. The van der Waals surface area contributed by atoms with Crippen LogP contribution >= 0.6 is 0 Å². The van der Waals surface area contributed by atoms with E-state index in [1.807, 2.05) is 48.5 Å². The Labute approximate surface area is 204 Å². The number of methoxy groups -OCH3 is 4. The second-order valence-corrected chi connectivity index (χ2v) is 8.45. The average Bonchev–Trinajstić information content (AvgIpc) is 3.35. The highest BCUT2D eigenvalue weighted by Gasteiger charge is 2.39. The molecule has 1 N–H and O–H groups in total. The topological polar surface area (TPSA) is 76.6 Å². The SMILES string of the molecule is COc1ccc(N[C@@H]2Oc3cc4c(cc3[C@H](c3cc(OC)c(OC)c(OC)c3)[C@@H]2C)OCO4)cc1. The van der Waals surface area contributed by atoms with Gasteiger partial charge in [0.05, 0.1) is 28.4 Å². The molecule has 184 valence electrons. The maximum absolute atomic E-state index is 6.47. The summed E-state index contributed by atoms with van der Waals surface area (Å²) in [4.78, 5) is 0. The van der Waals surface area contributed by atoms with E-state index in [1.54, 1.807) is 28.4 Å². The van der Waals surface area contributed by atoms with E-state index in [4.69, 9.17) is 33.2 Å². The van der Waals surface area contributed by atoms with Crippen LogP contribution in [0.25, 0.3) is 0 Å². The maximum atomic E-state index is 6.47. The number of fused-ring (bicyclic) bond motifs is 2. The third-order valence-electron chi connectivity index (χ3n) is 6.54. The van der Waals surface area contributed by atoms with Gasteiger partial charge in [0, 0.05) is 29.2 Å². The van der Waals surface area contributed by atoms with Crippen molar-refractivity contribution in [2.75, 3.05) is 40.5 Å². The first-order chi connectivity index (χ1) is 17.1. The predicted molar refractivity (Wildman–Crippen MR) is 131 cm³/mol. The number of anilines is 1. The van der Waals surface area contributed by atoms with E-state index < -0.39 is 0 Å². The average molecular weight is 480 g/mol. The monoisotopic (exact) mass is 479 g/mol. The van der Waals surface area contributed by atoms with Gasteiger partial charge < -0.3 is 38.5 Å². The van der Waals surface area contributed by atoms with Crippen molar-refractivity contribution in [1.29, 1.82) is 0 Å². The third kappa shape index (κ3) is 4.09. The molecule has 0 bridgehead atoms. The van der Waals surface area contributed by atoms with E-state index in [0.717, 1.165) is 28.3 Å². The summed E-state index contributed by atoms with van der Waals surface area (Å²) in [7, 11) is 6.49. The molecule has 3 aromatic carbocycles. The fourth-order valence-electron chi connectivity index (χ4n) is 4.76. The summed E-state index contributed by atoms with van der Waals surface area (Å²) in [5.74, 6) is 4.62. The molecule has 0 aromatic heterocycles. The molecule has 5 rings (SSSR count). The summed E-state index contributed by atoms with van der Waals surface area (Å²) < 4.78 is 39.9. The number of nitrogens with one attached hydrogen (secondary N) is 1. The van der Waals surface area contributed by atoms with Gasteiger partial charge in [0.15, 0.2) is 29.2 Å². The van der Waals surface area contributed by atoms with Crippen molar-refractivity contribution in [2.45, 2.75) is 19.1 Å². The Balaban J connectivity index is 1.59. The highest BCUT2D eigenvalue weighted by Crippen LogP contribution is 2.51. The van der Waals surface area contributed by atoms with Crippen molar-refractivity contribution >= 4 is 5.69 Å². The molecule has 2 heterocycles. The van der Waals surface area contributed by atoms with Crippen molar-refractivity contribution in [3.05, 3.63) is 59.7 Å². The van der Waals surface area contributed by atoms with Gasteiger partial charge in [-0.05, 0) is 48.0 Å². The van der Waals surface area contributed by atoms with Gasteiger partial charge in [0.25, 0.3) is 0 Å². The lowest BCUT2D eigenvalue weighted by Gasteiger charge is -2.39. The zero-order chi connectivity index (χ0) is 24.5. The maximum Gasteiger partial charge on any atom is 0.231 e. The molecule has 2 aliphatic heterocycles. The standard InChI is InChI=1S/C27H29NO7/c1-15-25(16-10-23(30-3)26(32-5)24(11-16)31-4)19-12-21-22(34-14-33-21)13-20(19)35-27(15)28-17-6-8-18(29-2)9-7-17/h6-13,15,25,27-28H,14H2,1-5H3/t15-,25-,27+/m0/s1. The molecular weight excluding hydrogens is 450 g/mol. The second kappa shape index (κ2) is 9.37. The molecule has 0 saturated carbocycles. The van der Waals surface area contributed by atoms with Crippen LogP contribution in [0.2, 0.25) is 0 Å². The predicted octanol–water partition coefficient (Wildman–Crippen LogP) is 5.05. The highest BCUT2D eigenvalue weighted by molar-refractivity contribution is 5.60. The number of hydrogen-bond acceptors (Lipinski definition) is 8. The highest BCUT2D eigenvalue weighted by atomic mass is 16.7. The molecule has 0 spiro atoms. The summed E-state index contributed by atoms with van der Waals surface area (Å²) >= 11 is 0. The minimum Gasteiger partial charge on any atom is -0.497 e. The van der Waals surface area contributed by atoms with Crippen LogP contribution in [0.4, 0.5) is 5.69 Å². The van der Waals surface area contributed by atoms with Gasteiger partial charge in [-0.2, -0.15) is 0 Å². The van der Waals surface area contributed by atoms with Crippen LogP contribution in [-0.2, 0) is 0 Å². The molecular formula is C27H29NO7. The van der Waals surface area contributed by atoms with Crippen LogP contribution in [0, 0.1) is 5.92 Å². The second-order valence-electron chi connectivity index (χ2n) is 8.45. The van der Waals surface area contributed by atoms with Gasteiger partial charge in [0.1, 0.15) is 11.5 Å². The number of ether oxygens (including phenoxy) is 7. The van der Waals surface area contributed by atoms with Crippen LogP contribution in [-0.4, -0.2) is 41.5 Å². The molecule has 8 nitrogen and oxygen atoms in total.